The molecule has 1 aromatic heterocycles. The topological polar surface area (TPSA) is 51.3 Å². The van der Waals surface area contributed by atoms with Gasteiger partial charge >= 0.3 is 0 Å². The van der Waals surface area contributed by atoms with Crippen LogP contribution in [-0.2, 0) is 17.8 Å². The van der Waals surface area contributed by atoms with Gasteiger partial charge in [0.15, 0.2) is 0 Å². The lowest BCUT2D eigenvalue weighted by atomic mass is 9.99. The van der Waals surface area contributed by atoms with E-state index in [9.17, 15) is 4.79 Å². The number of piperidine rings is 1. The summed E-state index contributed by atoms with van der Waals surface area (Å²) in [5.74, 6) is 0.974. The van der Waals surface area contributed by atoms with Crippen LogP contribution in [0.1, 0.15) is 44.4 Å². The molecule has 0 saturated carbocycles. The van der Waals surface area contributed by atoms with E-state index in [4.69, 9.17) is 5.73 Å². The second-order valence-electron chi connectivity index (χ2n) is 7.60. The molecule has 1 atom stereocenters. The zero-order valence-electron chi connectivity index (χ0n) is 15.8. The number of para-hydroxylation sites is 1. The molecule has 2 heterocycles. The van der Waals surface area contributed by atoms with Crippen molar-refractivity contribution < 1.29 is 4.79 Å². The minimum absolute atomic E-state index is 0.164. The Morgan fingerprint density at radius 3 is 2.64 bits per heavy atom. The summed E-state index contributed by atoms with van der Waals surface area (Å²) in [5, 5.41) is 1.24. The van der Waals surface area contributed by atoms with E-state index >= 15 is 0 Å². The van der Waals surface area contributed by atoms with Gasteiger partial charge in [0.2, 0.25) is 5.91 Å². The van der Waals surface area contributed by atoms with Gasteiger partial charge in [-0.1, -0.05) is 32.0 Å². The number of nitrogens with zero attached hydrogens (tertiary/aromatic N) is 2. The van der Waals surface area contributed by atoms with E-state index in [0.717, 1.165) is 50.2 Å². The minimum atomic E-state index is 0.164. The van der Waals surface area contributed by atoms with Gasteiger partial charge in [0, 0.05) is 35.7 Å². The van der Waals surface area contributed by atoms with Crippen molar-refractivity contribution in [3.8, 4) is 0 Å². The average Bonchev–Trinajstić information content (AvgIpc) is 2.88. The molecule has 0 spiro atoms. The summed E-state index contributed by atoms with van der Waals surface area (Å²) >= 11 is 0. The number of aromatic nitrogens is 1. The maximum Gasteiger partial charge on any atom is 0.242 e. The number of fused-ring (bicyclic) bond motifs is 1. The van der Waals surface area contributed by atoms with Crippen LogP contribution >= 0.6 is 0 Å². The Morgan fingerprint density at radius 2 is 1.96 bits per heavy atom. The molecule has 1 unspecified atom stereocenters. The van der Waals surface area contributed by atoms with Gasteiger partial charge in [-0.15, -0.1) is 0 Å². The Hall–Kier alpha value is -1.81. The highest BCUT2D eigenvalue weighted by Gasteiger charge is 2.23. The predicted octanol–water partition coefficient (Wildman–Crippen LogP) is 3.49. The van der Waals surface area contributed by atoms with Gasteiger partial charge in [-0.25, -0.2) is 0 Å². The second kappa shape index (κ2) is 7.61. The second-order valence-corrected chi connectivity index (χ2v) is 7.60. The highest BCUT2D eigenvalue weighted by molar-refractivity contribution is 5.87. The lowest BCUT2D eigenvalue weighted by Crippen LogP contribution is -2.39. The number of nitrogens with two attached hydrogens (primary N) is 1. The molecule has 4 nitrogen and oxygen atoms in total. The van der Waals surface area contributed by atoms with E-state index in [-0.39, 0.29) is 11.9 Å². The number of hydrogen-bond acceptors (Lipinski definition) is 2. The van der Waals surface area contributed by atoms with Crippen LogP contribution in [0.3, 0.4) is 0 Å². The highest BCUT2D eigenvalue weighted by atomic mass is 16.2. The van der Waals surface area contributed by atoms with Crippen LogP contribution in [0, 0.1) is 12.8 Å². The first-order valence-corrected chi connectivity index (χ1v) is 9.61. The Labute approximate surface area is 151 Å². The van der Waals surface area contributed by atoms with Crippen LogP contribution in [-0.4, -0.2) is 34.5 Å². The predicted molar refractivity (Wildman–Crippen MR) is 104 cm³/mol. The zero-order valence-corrected chi connectivity index (χ0v) is 15.8. The molecule has 1 fully saturated rings. The first kappa shape index (κ1) is 18.0. The summed E-state index contributed by atoms with van der Waals surface area (Å²) in [6, 6.07) is 8.56. The van der Waals surface area contributed by atoms with Crippen molar-refractivity contribution in [2.75, 3.05) is 13.1 Å². The summed E-state index contributed by atoms with van der Waals surface area (Å²) in [6.45, 7) is 8.75. The number of benzene rings is 1. The van der Waals surface area contributed by atoms with Crippen molar-refractivity contribution in [1.82, 2.24) is 9.47 Å². The molecule has 0 radical (unpaired) electrons. The number of amides is 1. The molecular weight excluding hydrogens is 310 g/mol. The molecule has 4 heteroatoms. The summed E-state index contributed by atoms with van der Waals surface area (Å²) in [5.41, 5.74) is 9.85. The smallest absolute Gasteiger partial charge is 0.242 e. The van der Waals surface area contributed by atoms with Crippen LogP contribution < -0.4 is 5.73 Å². The van der Waals surface area contributed by atoms with Crippen LogP contribution in [0.4, 0.5) is 0 Å². The third-order valence-corrected chi connectivity index (χ3v) is 5.78. The molecule has 1 aliphatic heterocycles. The molecule has 0 bridgehead atoms. The minimum Gasteiger partial charge on any atom is -0.341 e. The van der Waals surface area contributed by atoms with E-state index in [2.05, 4.69) is 49.6 Å². The quantitative estimate of drug-likeness (QED) is 0.905. The third-order valence-electron chi connectivity index (χ3n) is 5.78. The normalized spacial score (nSPS) is 17.2. The molecule has 1 amide bonds. The Kier molecular flexibility index (Phi) is 5.48. The maximum absolute atomic E-state index is 12.8. The molecule has 1 saturated heterocycles. The van der Waals surface area contributed by atoms with Gasteiger partial charge in [0.05, 0.1) is 0 Å². The van der Waals surface area contributed by atoms with Crippen molar-refractivity contribution in [3.05, 3.63) is 35.5 Å². The highest BCUT2D eigenvalue weighted by Crippen LogP contribution is 2.27. The van der Waals surface area contributed by atoms with Gasteiger partial charge in [0.25, 0.3) is 0 Å². The van der Waals surface area contributed by atoms with Crippen LogP contribution in [0.25, 0.3) is 10.9 Å². The summed E-state index contributed by atoms with van der Waals surface area (Å²) in [4.78, 5) is 14.9. The molecule has 3 rings (SSSR count). The Bertz CT molecular complexity index is 741. The Balaban J connectivity index is 1.88. The lowest BCUT2D eigenvalue weighted by Gasteiger charge is -2.30. The SMILES string of the molecule is CCC(N)Cc1c(C)n(CC(=O)N2CCC(C)CC2)c2ccccc12. The maximum atomic E-state index is 12.8. The van der Waals surface area contributed by atoms with Gasteiger partial charge < -0.3 is 15.2 Å². The van der Waals surface area contributed by atoms with E-state index in [1.165, 1.54) is 16.6 Å². The first-order chi connectivity index (χ1) is 12.0. The lowest BCUT2D eigenvalue weighted by molar-refractivity contribution is -0.133. The van der Waals surface area contributed by atoms with E-state index in [1.54, 1.807) is 0 Å². The average molecular weight is 341 g/mol. The number of carbonyl (C=O) groups is 1. The molecule has 1 aromatic carbocycles. The zero-order chi connectivity index (χ0) is 18.0. The fourth-order valence-electron chi connectivity index (χ4n) is 3.86. The summed E-state index contributed by atoms with van der Waals surface area (Å²) < 4.78 is 2.19. The molecular formula is C21H31N3O. The largest absolute Gasteiger partial charge is 0.341 e. The molecule has 136 valence electrons. The van der Waals surface area contributed by atoms with Crippen molar-refractivity contribution in [1.29, 1.82) is 0 Å². The van der Waals surface area contributed by atoms with Gasteiger partial charge in [-0.2, -0.15) is 0 Å². The fraction of sp³-hybridized carbons (Fsp3) is 0.571. The Morgan fingerprint density at radius 1 is 1.28 bits per heavy atom. The summed E-state index contributed by atoms with van der Waals surface area (Å²) in [6.07, 6.45) is 4.07. The van der Waals surface area contributed by atoms with Crippen molar-refractivity contribution in [2.24, 2.45) is 11.7 Å². The van der Waals surface area contributed by atoms with E-state index < -0.39 is 0 Å². The number of likely N-dealkylation sites (tertiary alicyclic amines) is 1. The van der Waals surface area contributed by atoms with Gasteiger partial charge in [0.1, 0.15) is 6.54 Å². The van der Waals surface area contributed by atoms with Crippen LogP contribution in [0.2, 0.25) is 0 Å². The molecule has 2 N–H and O–H groups in total. The number of hydrogen-bond donors (Lipinski definition) is 1. The van der Waals surface area contributed by atoms with Crippen LogP contribution in [0.5, 0.6) is 0 Å². The van der Waals surface area contributed by atoms with Crippen molar-refractivity contribution in [3.63, 3.8) is 0 Å². The molecule has 2 aromatic rings. The fourth-order valence-corrected chi connectivity index (χ4v) is 3.86. The molecule has 0 aliphatic carbocycles. The summed E-state index contributed by atoms with van der Waals surface area (Å²) in [7, 11) is 0. The monoisotopic (exact) mass is 341 g/mol. The van der Waals surface area contributed by atoms with Crippen molar-refractivity contribution >= 4 is 16.8 Å². The molecule has 25 heavy (non-hydrogen) atoms. The van der Waals surface area contributed by atoms with Gasteiger partial charge in [-0.3, -0.25) is 4.79 Å². The molecule has 1 aliphatic rings. The van der Waals surface area contributed by atoms with E-state index in [1.807, 2.05) is 4.90 Å². The van der Waals surface area contributed by atoms with Crippen LogP contribution in [0.15, 0.2) is 24.3 Å². The van der Waals surface area contributed by atoms with E-state index in [0.29, 0.717) is 6.54 Å². The number of rotatable bonds is 5. The van der Waals surface area contributed by atoms with Gasteiger partial charge in [-0.05, 0) is 50.2 Å². The third kappa shape index (κ3) is 3.74. The first-order valence-electron chi connectivity index (χ1n) is 9.61. The van der Waals surface area contributed by atoms with Crippen molar-refractivity contribution in [2.45, 2.75) is 59.0 Å². The standard InChI is InChI=1S/C21H31N3O/c1-4-17(22)13-19-16(3)24(20-8-6-5-7-18(19)20)14-21(25)23-11-9-15(2)10-12-23/h5-8,15,17H,4,9-14,22H2,1-3H3. The number of carbonyl (C=O) groups excluding carboxylic acids is 1.